The third kappa shape index (κ3) is 5.39. The summed E-state index contributed by atoms with van der Waals surface area (Å²) in [6, 6.07) is 15.8. The highest BCUT2D eigenvalue weighted by Crippen LogP contribution is 2.32. The number of nitrogens with one attached hydrogen (secondary N) is 2. The summed E-state index contributed by atoms with van der Waals surface area (Å²) < 4.78 is 36.6. The van der Waals surface area contributed by atoms with Crippen molar-refractivity contribution < 1.29 is 27.6 Å². The minimum absolute atomic E-state index is 0.0286. The lowest BCUT2D eigenvalue weighted by Gasteiger charge is -2.14. The van der Waals surface area contributed by atoms with E-state index in [9.17, 15) is 23.3 Å². The first-order valence-corrected chi connectivity index (χ1v) is 11.1. The largest absolute Gasteiger partial charge is 0.497 e. The normalized spacial score (nSPS) is 10.8. The van der Waals surface area contributed by atoms with E-state index in [-0.39, 0.29) is 27.7 Å². The number of benzene rings is 3. The Balaban J connectivity index is 1.87. The summed E-state index contributed by atoms with van der Waals surface area (Å²) in [5, 5.41) is 16.6. The van der Waals surface area contributed by atoms with E-state index in [1.54, 1.807) is 36.4 Å². The maximum absolute atomic E-state index is 13.1. The van der Waals surface area contributed by atoms with Crippen LogP contribution in [0.2, 0.25) is 0 Å². The molecule has 0 saturated heterocycles. The maximum Gasteiger partial charge on any atom is 0.270 e. The summed E-state index contributed by atoms with van der Waals surface area (Å²) in [7, 11) is -1.15. The molecule has 0 spiro atoms. The molecule has 0 aromatic heterocycles. The van der Waals surface area contributed by atoms with E-state index in [2.05, 4.69) is 10.6 Å². The molecule has 0 bridgehead atoms. The molecule has 172 valence electrons. The summed E-state index contributed by atoms with van der Waals surface area (Å²) >= 11 is 0. The van der Waals surface area contributed by atoms with E-state index < -0.39 is 20.7 Å². The van der Waals surface area contributed by atoms with Crippen LogP contribution in [-0.2, 0) is 14.6 Å². The Labute approximate surface area is 190 Å². The van der Waals surface area contributed by atoms with Crippen molar-refractivity contribution >= 4 is 32.8 Å². The highest BCUT2D eigenvalue weighted by molar-refractivity contribution is 7.91. The van der Waals surface area contributed by atoms with Gasteiger partial charge in [-0.25, -0.2) is 8.42 Å². The van der Waals surface area contributed by atoms with Crippen molar-refractivity contribution in [2.24, 2.45) is 0 Å². The first kappa shape index (κ1) is 23.5. The van der Waals surface area contributed by atoms with Crippen LogP contribution in [0.4, 0.5) is 17.1 Å². The van der Waals surface area contributed by atoms with Crippen molar-refractivity contribution in [3.63, 3.8) is 0 Å². The van der Waals surface area contributed by atoms with Crippen LogP contribution in [0.1, 0.15) is 0 Å². The Bertz CT molecular complexity index is 1280. The second-order valence-electron chi connectivity index (χ2n) is 6.72. The molecule has 3 aromatic carbocycles. The van der Waals surface area contributed by atoms with Crippen molar-refractivity contribution in [3.05, 3.63) is 76.8 Å². The molecule has 0 atom stereocenters. The topological polar surface area (TPSA) is 137 Å². The van der Waals surface area contributed by atoms with Gasteiger partial charge in [-0.05, 0) is 30.3 Å². The van der Waals surface area contributed by atoms with Crippen LogP contribution in [0.15, 0.2) is 76.5 Å². The van der Waals surface area contributed by atoms with Crippen molar-refractivity contribution in [2.45, 2.75) is 9.79 Å². The van der Waals surface area contributed by atoms with E-state index >= 15 is 0 Å². The van der Waals surface area contributed by atoms with Crippen molar-refractivity contribution in [1.29, 1.82) is 0 Å². The average Bonchev–Trinajstić information content (AvgIpc) is 2.83. The van der Waals surface area contributed by atoms with Crippen LogP contribution < -0.4 is 20.1 Å². The van der Waals surface area contributed by atoms with Crippen molar-refractivity contribution in [2.75, 3.05) is 31.4 Å². The molecule has 0 aliphatic heterocycles. The first-order chi connectivity index (χ1) is 15.8. The van der Waals surface area contributed by atoms with Gasteiger partial charge in [-0.2, -0.15) is 0 Å². The van der Waals surface area contributed by atoms with E-state index in [0.29, 0.717) is 17.2 Å². The molecule has 0 heterocycles. The van der Waals surface area contributed by atoms with E-state index in [1.165, 1.54) is 32.4 Å². The quantitative estimate of drug-likeness (QED) is 0.357. The summed E-state index contributed by atoms with van der Waals surface area (Å²) in [5.41, 5.74) is 0.0299. The second kappa shape index (κ2) is 10.0. The Kier molecular flexibility index (Phi) is 7.13. The second-order valence-corrected chi connectivity index (χ2v) is 8.64. The van der Waals surface area contributed by atoms with Crippen LogP contribution in [0.25, 0.3) is 0 Å². The Morgan fingerprint density at radius 1 is 0.970 bits per heavy atom. The smallest absolute Gasteiger partial charge is 0.270 e. The van der Waals surface area contributed by atoms with Crippen LogP contribution in [0.3, 0.4) is 0 Å². The molecular formula is C22H21N3O7S. The van der Waals surface area contributed by atoms with Gasteiger partial charge in [0, 0.05) is 18.2 Å². The lowest BCUT2D eigenvalue weighted by molar-refractivity contribution is -0.385. The highest BCUT2D eigenvalue weighted by atomic mass is 32.2. The molecule has 3 aromatic rings. The number of nitro benzene ring substituents is 1. The minimum atomic E-state index is -4.09. The molecule has 0 aliphatic carbocycles. The predicted octanol–water partition coefficient (Wildman–Crippen LogP) is 3.50. The zero-order chi connectivity index (χ0) is 24.0. The Morgan fingerprint density at radius 3 is 2.33 bits per heavy atom. The third-order valence-corrected chi connectivity index (χ3v) is 6.45. The number of anilines is 2. The fourth-order valence-electron chi connectivity index (χ4n) is 3.00. The lowest BCUT2D eigenvalue weighted by Crippen LogP contribution is -2.23. The van der Waals surface area contributed by atoms with Gasteiger partial charge in [0.2, 0.25) is 15.7 Å². The summed E-state index contributed by atoms with van der Waals surface area (Å²) in [6.45, 7) is -0.310. The Morgan fingerprint density at radius 2 is 1.70 bits per heavy atom. The number of non-ortho nitro benzene ring substituents is 1. The number of methoxy groups -OCH3 is 2. The standard InChI is InChI=1S/C22H21N3O7S/c1-31-16-9-11-20(32-2)19(13-16)24-22(26)14-23-18-10-8-15(25(27)28)12-21(18)33(29,30)17-6-4-3-5-7-17/h3-13,23H,14H2,1-2H3,(H,24,26). The summed E-state index contributed by atoms with van der Waals surface area (Å²) in [5.74, 6) is 0.417. The fraction of sp³-hybridized carbons (Fsp3) is 0.136. The Hall–Kier alpha value is -4.12. The molecule has 2 N–H and O–H groups in total. The predicted molar refractivity (Wildman–Crippen MR) is 122 cm³/mol. The number of hydrogen-bond donors (Lipinski definition) is 2. The van der Waals surface area contributed by atoms with Gasteiger partial charge >= 0.3 is 0 Å². The molecule has 0 aliphatic rings. The summed E-state index contributed by atoms with van der Waals surface area (Å²) in [6.07, 6.45) is 0. The SMILES string of the molecule is COc1ccc(OC)c(NC(=O)CNc2ccc([N+](=O)[O-])cc2S(=O)(=O)c2ccccc2)c1. The molecule has 33 heavy (non-hydrogen) atoms. The van der Waals surface area contributed by atoms with E-state index in [1.807, 2.05) is 0 Å². The number of amides is 1. The number of rotatable bonds is 9. The summed E-state index contributed by atoms with van der Waals surface area (Å²) in [4.78, 5) is 22.7. The minimum Gasteiger partial charge on any atom is -0.497 e. The molecule has 3 rings (SSSR count). The number of carbonyl (C=O) groups excluding carboxylic acids is 1. The maximum atomic E-state index is 13.1. The van der Waals surface area contributed by atoms with Crippen molar-refractivity contribution in [1.82, 2.24) is 0 Å². The zero-order valence-corrected chi connectivity index (χ0v) is 18.6. The highest BCUT2D eigenvalue weighted by Gasteiger charge is 2.24. The van der Waals surface area contributed by atoms with Crippen molar-refractivity contribution in [3.8, 4) is 11.5 Å². The van der Waals surface area contributed by atoms with Gasteiger partial charge < -0.3 is 20.1 Å². The molecule has 1 amide bonds. The van der Waals surface area contributed by atoms with Gasteiger partial charge in [0.15, 0.2) is 0 Å². The number of sulfone groups is 1. The number of nitrogens with zero attached hydrogens (tertiary/aromatic N) is 1. The van der Waals surface area contributed by atoms with Gasteiger partial charge in [0.05, 0.1) is 42.0 Å². The van der Waals surface area contributed by atoms with Gasteiger partial charge in [-0.3, -0.25) is 14.9 Å². The monoisotopic (exact) mass is 471 g/mol. The van der Waals surface area contributed by atoms with Gasteiger partial charge in [0.1, 0.15) is 16.4 Å². The molecule has 0 saturated carbocycles. The van der Waals surface area contributed by atoms with Gasteiger partial charge in [-0.1, -0.05) is 18.2 Å². The zero-order valence-electron chi connectivity index (χ0n) is 17.8. The number of nitro groups is 1. The molecule has 0 unspecified atom stereocenters. The molecule has 11 heteroatoms. The van der Waals surface area contributed by atoms with E-state index in [4.69, 9.17) is 9.47 Å². The molecular weight excluding hydrogens is 450 g/mol. The van der Waals surface area contributed by atoms with Gasteiger partial charge in [0.25, 0.3) is 5.69 Å². The fourth-order valence-corrected chi connectivity index (χ4v) is 4.48. The number of ether oxygens (including phenoxy) is 2. The van der Waals surface area contributed by atoms with Crippen LogP contribution in [0.5, 0.6) is 11.5 Å². The molecule has 0 fully saturated rings. The van der Waals surface area contributed by atoms with Gasteiger partial charge in [-0.15, -0.1) is 0 Å². The average molecular weight is 471 g/mol. The molecule has 0 radical (unpaired) electrons. The number of carbonyl (C=O) groups is 1. The van der Waals surface area contributed by atoms with E-state index in [0.717, 1.165) is 12.1 Å². The molecule has 10 nitrogen and oxygen atoms in total. The first-order valence-electron chi connectivity index (χ1n) is 9.60. The third-order valence-electron chi connectivity index (χ3n) is 4.64. The van der Waals surface area contributed by atoms with Crippen LogP contribution >= 0.6 is 0 Å². The van der Waals surface area contributed by atoms with Crippen LogP contribution in [-0.4, -0.2) is 40.0 Å². The lowest BCUT2D eigenvalue weighted by atomic mass is 10.2. The van der Waals surface area contributed by atoms with Crippen LogP contribution in [0, 0.1) is 10.1 Å². The number of hydrogen-bond acceptors (Lipinski definition) is 8.